The zero-order valence-electron chi connectivity index (χ0n) is 15.0. The molecule has 2 aliphatic rings. The van der Waals surface area contributed by atoms with E-state index in [-0.39, 0.29) is 5.92 Å². The Morgan fingerprint density at radius 3 is 2.58 bits per heavy atom. The average Bonchev–Trinajstić information content (AvgIpc) is 3.46. The number of ether oxygens (including phenoxy) is 1. The van der Waals surface area contributed by atoms with Gasteiger partial charge in [-0.2, -0.15) is 0 Å². The lowest BCUT2D eigenvalue weighted by Gasteiger charge is -2.36. The van der Waals surface area contributed by atoms with E-state index in [0.717, 1.165) is 51.3 Å². The smallest absolute Gasteiger partial charge is 0.225 e. The van der Waals surface area contributed by atoms with Crippen LogP contribution in [0.3, 0.4) is 0 Å². The Bertz CT molecular complexity index is 548. The van der Waals surface area contributed by atoms with Crippen molar-refractivity contribution in [2.75, 3.05) is 39.8 Å². The predicted octanol–water partition coefficient (Wildman–Crippen LogP) is 2.82. The van der Waals surface area contributed by atoms with Crippen molar-refractivity contribution < 1.29 is 9.53 Å². The number of benzene rings is 1. The third-order valence-electron chi connectivity index (χ3n) is 5.52. The number of amides is 1. The summed E-state index contributed by atoms with van der Waals surface area (Å²) in [4.78, 5) is 17.0. The number of aryl methyl sites for hydroxylation is 1. The van der Waals surface area contributed by atoms with E-state index in [1.807, 2.05) is 12.1 Å². The molecule has 4 nitrogen and oxygen atoms in total. The van der Waals surface area contributed by atoms with Crippen molar-refractivity contribution >= 4 is 5.91 Å². The van der Waals surface area contributed by atoms with Gasteiger partial charge in [0.05, 0.1) is 7.11 Å². The maximum atomic E-state index is 12.4. The first-order valence-electron chi connectivity index (χ1n) is 9.32. The van der Waals surface area contributed by atoms with Crippen LogP contribution in [0.2, 0.25) is 0 Å². The van der Waals surface area contributed by atoms with E-state index in [1.165, 1.54) is 18.4 Å². The van der Waals surface area contributed by atoms with Crippen LogP contribution in [0.15, 0.2) is 24.3 Å². The first kappa shape index (κ1) is 17.3. The summed E-state index contributed by atoms with van der Waals surface area (Å²) in [5.41, 5.74) is 1.28. The third-order valence-corrected chi connectivity index (χ3v) is 5.52. The van der Waals surface area contributed by atoms with Gasteiger partial charge in [0.25, 0.3) is 0 Å². The van der Waals surface area contributed by atoms with Crippen LogP contribution in [0.1, 0.15) is 31.7 Å². The van der Waals surface area contributed by atoms with Crippen molar-refractivity contribution in [3.63, 3.8) is 0 Å². The second-order valence-corrected chi connectivity index (χ2v) is 7.21. The molecule has 1 aliphatic carbocycles. The summed E-state index contributed by atoms with van der Waals surface area (Å²) in [5.74, 6) is 2.27. The highest BCUT2D eigenvalue weighted by Crippen LogP contribution is 2.37. The summed E-state index contributed by atoms with van der Waals surface area (Å²) in [6.45, 7) is 7.01. The first-order chi connectivity index (χ1) is 11.7. The van der Waals surface area contributed by atoms with Crippen LogP contribution in [0.5, 0.6) is 5.75 Å². The number of carbonyl (C=O) groups excluding carboxylic acids is 1. The van der Waals surface area contributed by atoms with E-state index in [0.29, 0.717) is 11.8 Å². The van der Waals surface area contributed by atoms with Crippen molar-refractivity contribution in [2.45, 2.75) is 32.6 Å². The average molecular weight is 330 g/mol. The molecule has 1 aromatic rings. The quantitative estimate of drug-likeness (QED) is 0.771. The number of hydrogen-bond donors (Lipinski definition) is 0. The molecule has 1 aromatic carbocycles. The number of nitrogens with zero attached hydrogens (tertiary/aromatic N) is 2. The van der Waals surface area contributed by atoms with E-state index in [1.54, 1.807) is 7.11 Å². The molecule has 1 saturated heterocycles. The Balaban J connectivity index is 1.38. The lowest BCUT2D eigenvalue weighted by Crippen LogP contribution is -2.50. The Morgan fingerprint density at radius 2 is 1.92 bits per heavy atom. The van der Waals surface area contributed by atoms with Gasteiger partial charge in [0.15, 0.2) is 0 Å². The van der Waals surface area contributed by atoms with Gasteiger partial charge in [-0.25, -0.2) is 0 Å². The minimum atomic E-state index is 0.238. The van der Waals surface area contributed by atoms with Crippen molar-refractivity contribution in [3.05, 3.63) is 29.8 Å². The van der Waals surface area contributed by atoms with Crippen molar-refractivity contribution in [1.82, 2.24) is 9.80 Å². The number of rotatable bonds is 7. The second-order valence-electron chi connectivity index (χ2n) is 7.21. The lowest BCUT2D eigenvalue weighted by atomic mass is 10.0. The van der Waals surface area contributed by atoms with Crippen LogP contribution in [0, 0.1) is 11.8 Å². The maximum Gasteiger partial charge on any atom is 0.225 e. The van der Waals surface area contributed by atoms with Gasteiger partial charge < -0.3 is 9.64 Å². The number of piperazine rings is 1. The van der Waals surface area contributed by atoms with Gasteiger partial charge in [-0.05, 0) is 49.8 Å². The molecule has 0 spiro atoms. The SMILES string of the molecule is COc1ccccc1CCCN1CCN(C(=O)C(C)C2CC2)CC1. The van der Waals surface area contributed by atoms with Gasteiger partial charge in [0, 0.05) is 32.1 Å². The Labute approximate surface area is 145 Å². The molecule has 1 heterocycles. The van der Waals surface area contributed by atoms with Gasteiger partial charge in [0.2, 0.25) is 5.91 Å². The molecular weight excluding hydrogens is 300 g/mol. The molecule has 132 valence electrons. The molecule has 4 heteroatoms. The Hall–Kier alpha value is -1.55. The standard InChI is InChI=1S/C20H30N2O2/c1-16(17-9-10-17)20(23)22-14-12-21(13-15-22)11-5-7-18-6-3-4-8-19(18)24-2/h3-4,6,8,16-17H,5,7,9-15H2,1-2H3. The normalized spacial score (nSPS) is 20.0. The fourth-order valence-corrected chi connectivity index (χ4v) is 3.68. The molecule has 1 atom stereocenters. The fraction of sp³-hybridized carbons (Fsp3) is 0.650. The molecule has 0 radical (unpaired) electrons. The summed E-state index contributed by atoms with van der Waals surface area (Å²) in [5, 5.41) is 0. The molecular formula is C20H30N2O2. The number of carbonyl (C=O) groups is 1. The van der Waals surface area contributed by atoms with Gasteiger partial charge in [0.1, 0.15) is 5.75 Å². The third kappa shape index (κ3) is 4.29. The molecule has 3 rings (SSSR count). The highest BCUT2D eigenvalue weighted by molar-refractivity contribution is 5.79. The van der Waals surface area contributed by atoms with E-state index in [9.17, 15) is 4.79 Å². The first-order valence-corrected chi connectivity index (χ1v) is 9.32. The maximum absolute atomic E-state index is 12.4. The van der Waals surface area contributed by atoms with Crippen LogP contribution in [-0.4, -0.2) is 55.5 Å². The molecule has 1 saturated carbocycles. The van der Waals surface area contributed by atoms with E-state index < -0.39 is 0 Å². The van der Waals surface area contributed by atoms with Crippen LogP contribution >= 0.6 is 0 Å². The molecule has 2 fully saturated rings. The summed E-state index contributed by atoms with van der Waals surface area (Å²) < 4.78 is 5.42. The van der Waals surface area contributed by atoms with Crippen LogP contribution in [0.25, 0.3) is 0 Å². The molecule has 24 heavy (non-hydrogen) atoms. The largest absolute Gasteiger partial charge is 0.496 e. The Morgan fingerprint density at radius 1 is 1.21 bits per heavy atom. The van der Waals surface area contributed by atoms with Crippen LogP contribution in [-0.2, 0) is 11.2 Å². The highest BCUT2D eigenvalue weighted by Gasteiger charge is 2.35. The van der Waals surface area contributed by atoms with Gasteiger partial charge in [-0.1, -0.05) is 25.1 Å². The van der Waals surface area contributed by atoms with E-state index >= 15 is 0 Å². The monoisotopic (exact) mass is 330 g/mol. The minimum Gasteiger partial charge on any atom is -0.496 e. The van der Waals surface area contributed by atoms with Gasteiger partial charge in [-0.15, -0.1) is 0 Å². The summed E-state index contributed by atoms with van der Waals surface area (Å²) in [7, 11) is 1.73. The fourth-order valence-electron chi connectivity index (χ4n) is 3.68. The molecule has 0 N–H and O–H groups in total. The summed E-state index contributed by atoms with van der Waals surface area (Å²) >= 11 is 0. The number of para-hydroxylation sites is 1. The number of hydrogen-bond acceptors (Lipinski definition) is 3. The summed E-state index contributed by atoms with van der Waals surface area (Å²) in [6.07, 6.45) is 4.67. The second kappa shape index (κ2) is 8.02. The molecule has 1 unspecified atom stereocenters. The molecule has 1 amide bonds. The Kier molecular flexibility index (Phi) is 5.77. The highest BCUT2D eigenvalue weighted by atomic mass is 16.5. The van der Waals surface area contributed by atoms with E-state index in [2.05, 4.69) is 28.9 Å². The zero-order chi connectivity index (χ0) is 16.9. The number of methoxy groups -OCH3 is 1. The minimum absolute atomic E-state index is 0.238. The van der Waals surface area contributed by atoms with Crippen molar-refractivity contribution in [1.29, 1.82) is 0 Å². The molecule has 0 bridgehead atoms. The summed E-state index contributed by atoms with van der Waals surface area (Å²) in [6, 6.07) is 8.26. The van der Waals surface area contributed by atoms with Crippen LogP contribution < -0.4 is 4.74 Å². The van der Waals surface area contributed by atoms with Gasteiger partial charge >= 0.3 is 0 Å². The lowest BCUT2D eigenvalue weighted by molar-refractivity contribution is -0.137. The van der Waals surface area contributed by atoms with Gasteiger partial charge in [-0.3, -0.25) is 9.69 Å². The van der Waals surface area contributed by atoms with Crippen molar-refractivity contribution in [2.24, 2.45) is 11.8 Å². The molecule has 0 aromatic heterocycles. The zero-order valence-corrected chi connectivity index (χ0v) is 15.0. The van der Waals surface area contributed by atoms with E-state index in [4.69, 9.17) is 4.74 Å². The topological polar surface area (TPSA) is 32.8 Å². The van der Waals surface area contributed by atoms with Crippen LogP contribution in [0.4, 0.5) is 0 Å². The molecule has 1 aliphatic heterocycles. The van der Waals surface area contributed by atoms with Crippen molar-refractivity contribution in [3.8, 4) is 5.75 Å². The predicted molar refractivity (Wildman–Crippen MR) is 96.2 cm³/mol.